The van der Waals surface area contributed by atoms with Crippen molar-refractivity contribution in [3.05, 3.63) is 12.2 Å². The molecule has 0 spiro atoms. The van der Waals surface area contributed by atoms with Gasteiger partial charge in [-0.3, -0.25) is 4.99 Å². The van der Waals surface area contributed by atoms with E-state index in [-0.39, 0.29) is 51.4 Å². The van der Waals surface area contributed by atoms with Crippen molar-refractivity contribution in [2.24, 2.45) is 4.99 Å². The first-order valence-electron chi connectivity index (χ1n) is 4.64. The van der Waals surface area contributed by atoms with Gasteiger partial charge in [-0.1, -0.05) is 0 Å². The van der Waals surface area contributed by atoms with Crippen molar-refractivity contribution in [2.45, 2.75) is 0 Å². The summed E-state index contributed by atoms with van der Waals surface area (Å²) in [7, 11) is 1.85. The van der Waals surface area contributed by atoms with Gasteiger partial charge >= 0.3 is 57.4 Å². The van der Waals surface area contributed by atoms with Crippen LogP contribution in [-0.2, 0) is 4.79 Å². The van der Waals surface area contributed by atoms with Crippen LogP contribution >= 0.6 is 0 Å². The second-order valence-corrected chi connectivity index (χ2v) is 2.75. The molecule has 7 heteroatoms. The molecule has 6 nitrogen and oxygen atoms in total. The summed E-state index contributed by atoms with van der Waals surface area (Å²) in [5.74, 6) is -1.67. The smallest absolute Gasteiger partial charge is 0.859 e. The average Bonchev–Trinajstić information content (AvgIpc) is 2.20. The molecule has 0 saturated carbocycles. The number of likely N-dealkylation sites (N-methyl/N-ethyl adjacent to an activating group) is 1. The van der Waals surface area contributed by atoms with Crippen molar-refractivity contribution < 1.29 is 66.4 Å². The molecule has 0 bridgehead atoms. The Bertz CT molecular complexity index is 244. The van der Waals surface area contributed by atoms with Crippen LogP contribution in [0.15, 0.2) is 17.1 Å². The van der Waals surface area contributed by atoms with Crippen LogP contribution in [0.4, 0.5) is 0 Å². The summed E-state index contributed by atoms with van der Waals surface area (Å²) in [5, 5.41) is 25.1. The van der Waals surface area contributed by atoms with Gasteiger partial charge in [0.1, 0.15) is 0 Å². The fourth-order valence-electron chi connectivity index (χ4n) is 0.779. The van der Waals surface area contributed by atoms with Crippen LogP contribution in [0, 0.1) is 0 Å². The average molecular weight is 253 g/mol. The zero-order valence-corrected chi connectivity index (χ0v) is 12.8. The van der Waals surface area contributed by atoms with E-state index in [1.54, 1.807) is 0 Å². The molecule has 0 aromatic rings. The quantitative estimate of drug-likeness (QED) is 0.133. The Morgan fingerprint density at radius 1 is 1.38 bits per heavy atom. The van der Waals surface area contributed by atoms with Crippen molar-refractivity contribution in [1.29, 1.82) is 0 Å². The molecule has 0 aliphatic carbocycles. The molecule has 0 radical (unpaired) electrons. The maximum absolute atomic E-state index is 10.9. The molecule has 0 fully saturated rings. The largest absolute Gasteiger partial charge is 1.00 e. The molecular formula is C9H16KN3O3. The molecule has 0 aromatic carbocycles. The topological polar surface area (TPSA) is 96.8 Å². The molecule has 16 heavy (non-hydrogen) atoms. The summed E-state index contributed by atoms with van der Waals surface area (Å²) >= 11 is 0. The number of carboxylic acids is 1. The fraction of sp³-hybridized carbons (Fsp3) is 0.556. The van der Waals surface area contributed by atoms with Crippen LogP contribution in [0.2, 0.25) is 0 Å². The number of rotatable bonds is 8. The van der Waals surface area contributed by atoms with Crippen molar-refractivity contribution in [3.63, 3.8) is 0 Å². The monoisotopic (exact) mass is 253 g/mol. The second-order valence-electron chi connectivity index (χ2n) is 2.75. The van der Waals surface area contributed by atoms with Gasteiger partial charge < -0.3 is 20.8 Å². The van der Waals surface area contributed by atoms with E-state index in [2.05, 4.69) is 15.6 Å². The van der Waals surface area contributed by atoms with E-state index in [1.807, 2.05) is 7.05 Å². The van der Waals surface area contributed by atoms with Crippen LogP contribution in [0.1, 0.15) is 0 Å². The standard InChI is InChI=1S/C9H17N3O3.K/c1-10-4-5-11-6-7-12-8(13)2-3-9(14)15;/h2-3,10-11H,4-7H2,1H3,(H,12,13)(H,14,15);/q;+1/p-1/b3-2+;. The van der Waals surface area contributed by atoms with Crippen LogP contribution in [0.3, 0.4) is 0 Å². The van der Waals surface area contributed by atoms with Crippen LogP contribution in [0.25, 0.3) is 0 Å². The van der Waals surface area contributed by atoms with Crippen molar-refractivity contribution in [1.82, 2.24) is 10.6 Å². The summed E-state index contributed by atoms with van der Waals surface area (Å²) < 4.78 is 0. The van der Waals surface area contributed by atoms with E-state index in [9.17, 15) is 9.90 Å². The summed E-state index contributed by atoms with van der Waals surface area (Å²) in [4.78, 5) is 13.7. The van der Waals surface area contributed by atoms with E-state index >= 15 is 0 Å². The molecular weight excluding hydrogens is 237 g/mol. The van der Waals surface area contributed by atoms with E-state index in [1.165, 1.54) is 0 Å². The molecule has 0 unspecified atom stereocenters. The Balaban J connectivity index is 0. The normalized spacial score (nSPS) is 11.4. The molecule has 3 N–H and O–H groups in total. The molecule has 0 aliphatic rings. The second kappa shape index (κ2) is 13.3. The van der Waals surface area contributed by atoms with Gasteiger partial charge in [-0.05, 0) is 19.0 Å². The van der Waals surface area contributed by atoms with Gasteiger partial charge in [0.25, 0.3) is 0 Å². The zero-order chi connectivity index (χ0) is 11.5. The van der Waals surface area contributed by atoms with Gasteiger partial charge in [0, 0.05) is 25.7 Å². The SMILES string of the molecule is CNCCNCCN=C([O-])/C=C/C(=O)O.[K+]. The molecule has 0 atom stereocenters. The van der Waals surface area contributed by atoms with Gasteiger partial charge in [0.2, 0.25) is 0 Å². The molecule has 0 amide bonds. The first kappa shape index (κ1) is 18.6. The number of aliphatic imine (C=N–C) groups is 1. The van der Waals surface area contributed by atoms with E-state index in [0.29, 0.717) is 13.1 Å². The van der Waals surface area contributed by atoms with Crippen molar-refractivity contribution >= 4 is 11.9 Å². The summed E-state index contributed by atoms with van der Waals surface area (Å²) in [6, 6.07) is 0. The minimum absolute atomic E-state index is 0. The van der Waals surface area contributed by atoms with Crippen LogP contribution in [-0.4, -0.2) is 50.2 Å². The van der Waals surface area contributed by atoms with E-state index in [4.69, 9.17) is 5.11 Å². The summed E-state index contributed by atoms with van der Waals surface area (Å²) in [6.07, 6.45) is 1.72. The minimum Gasteiger partial charge on any atom is -0.859 e. The number of carbonyl (C=O) groups is 1. The van der Waals surface area contributed by atoms with Gasteiger partial charge in [-0.2, -0.15) is 0 Å². The third-order valence-corrected chi connectivity index (χ3v) is 1.48. The number of nitrogens with zero attached hydrogens (tertiary/aromatic N) is 1. The Kier molecular flexibility index (Phi) is 15.5. The number of hydrogen-bond donors (Lipinski definition) is 3. The maximum atomic E-state index is 10.9. The molecule has 0 rings (SSSR count). The molecule has 0 aliphatic heterocycles. The number of aliphatic carboxylic acids is 1. The zero-order valence-electron chi connectivity index (χ0n) is 9.69. The first-order valence-corrected chi connectivity index (χ1v) is 4.64. The predicted octanol–water partition coefficient (Wildman–Crippen LogP) is -4.80. The Morgan fingerprint density at radius 3 is 2.62 bits per heavy atom. The van der Waals surface area contributed by atoms with Crippen molar-refractivity contribution in [3.8, 4) is 0 Å². The number of nitrogens with one attached hydrogen (secondary N) is 2. The van der Waals surface area contributed by atoms with E-state index in [0.717, 1.165) is 25.2 Å². The van der Waals surface area contributed by atoms with E-state index < -0.39 is 11.9 Å². The van der Waals surface area contributed by atoms with Gasteiger partial charge in [0.05, 0.1) is 6.54 Å². The van der Waals surface area contributed by atoms with Crippen LogP contribution in [0.5, 0.6) is 0 Å². The molecule has 86 valence electrons. The first-order chi connectivity index (χ1) is 7.16. The fourth-order valence-corrected chi connectivity index (χ4v) is 0.779. The van der Waals surface area contributed by atoms with Crippen LogP contribution < -0.4 is 67.1 Å². The third kappa shape index (κ3) is 14.2. The number of carboxylic acid groups (broad SMARTS) is 1. The van der Waals surface area contributed by atoms with Crippen molar-refractivity contribution in [2.75, 3.05) is 33.2 Å². The summed E-state index contributed by atoms with van der Waals surface area (Å²) in [6.45, 7) is 2.62. The maximum Gasteiger partial charge on any atom is 1.00 e. The molecule has 0 saturated heterocycles. The number of hydrogen-bond acceptors (Lipinski definition) is 5. The predicted molar refractivity (Wildman–Crippen MR) is 55.9 cm³/mol. The third-order valence-electron chi connectivity index (χ3n) is 1.48. The van der Waals surface area contributed by atoms with Gasteiger partial charge in [-0.15, -0.1) is 0 Å². The summed E-state index contributed by atoms with van der Waals surface area (Å²) in [5.41, 5.74) is 0. The Hall–Kier alpha value is 0.236. The van der Waals surface area contributed by atoms with Gasteiger partial charge in [-0.25, -0.2) is 4.79 Å². The van der Waals surface area contributed by atoms with Gasteiger partial charge in [0.15, 0.2) is 0 Å². The Morgan fingerprint density at radius 2 is 2.06 bits per heavy atom. The minimum atomic E-state index is -1.15. The Labute approximate surface area is 138 Å². The molecule has 0 heterocycles. The molecule has 0 aromatic heterocycles.